The van der Waals surface area contributed by atoms with Crippen LogP contribution in [0.25, 0.3) is 0 Å². The molecule has 0 bridgehead atoms. The van der Waals surface area contributed by atoms with Crippen molar-refractivity contribution in [1.82, 2.24) is 4.98 Å². The van der Waals surface area contributed by atoms with Crippen LogP contribution in [0.2, 0.25) is 0 Å². The molecule has 0 atom stereocenters. The maximum atomic E-state index is 13.2. The largest absolute Gasteiger partial charge is 0.497 e. The number of nitrogens with zero attached hydrogens (tertiary/aromatic N) is 1. The topological polar surface area (TPSA) is 43.4 Å². The maximum Gasteiger partial charge on any atom is 0.201 e. The van der Waals surface area contributed by atoms with E-state index in [4.69, 9.17) is 9.47 Å². The number of halogens is 1. The normalized spacial score (nSPS) is 10.3. The van der Waals surface area contributed by atoms with E-state index in [1.54, 1.807) is 21.1 Å². The summed E-state index contributed by atoms with van der Waals surface area (Å²) in [6, 6.07) is 5.57. The third-order valence-corrected chi connectivity index (χ3v) is 3.57. The molecule has 19 heavy (non-hydrogen) atoms. The van der Waals surface area contributed by atoms with Gasteiger partial charge in [0.1, 0.15) is 11.5 Å². The van der Waals surface area contributed by atoms with Crippen LogP contribution in [0.15, 0.2) is 18.2 Å². The Morgan fingerprint density at radius 2 is 2.11 bits per heavy atom. The third-order valence-electron chi connectivity index (χ3n) is 2.66. The van der Waals surface area contributed by atoms with Crippen molar-refractivity contribution in [2.75, 3.05) is 19.5 Å². The number of hydrogen-bond acceptors (Lipinski definition) is 5. The Balaban J connectivity index is 2.10. The highest BCUT2D eigenvalue weighted by Crippen LogP contribution is 2.26. The van der Waals surface area contributed by atoms with Crippen LogP contribution in [0.1, 0.15) is 11.3 Å². The zero-order valence-electron chi connectivity index (χ0n) is 11.0. The number of benzene rings is 1. The summed E-state index contributed by atoms with van der Waals surface area (Å²) in [5, 5.41) is 3.38. The van der Waals surface area contributed by atoms with Crippen LogP contribution in [-0.2, 0) is 6.54 Å². The molecule has 102 valence electrons. The summed E-state index contributed by atoms with van der Waals surface area (Å²) >= 11 is 1.00. The van der Waals surface area contributed by atoms with Gasteiger partial charge >= 0.3 is 0 Å². The Hall–Kier alpha value is -1.82. The molecule has 0 unspecified atom stereocenters. The summed E-state index contributed by atoms with van der Waals surface area (Å²) in [7, 11) is 3.21. The summed E-state index contributed by atoms with van der Waals surface area (Å²) in [4.78, 5) is 4.08. The third kappa shape index (κ3) is 3.14. The molecule has 0 radical (unpaired) electrons. The quantitative estimate of drug-likeness (QED) is 0.914. The van der Waals surface area contributed by atoms with Gasteiger partial charge in [0, 0.05) is 18.2 Å². The zero-order chi connectivity index (χ0) is 13.8. The molecule has 0 aliphatic rings. The number of nitrogens with one attached hydrogen (secondary N) is 1. The molecule has 0 fully saturated rings. The fraction of sp³-hybridized carbons (Fsp3) is 0.308. The molecule has 0 aliphatic carbocycles. The molecule has 1 N–H and O–H groups in total. The molecule has 1 aromatic carbocycles. The van der Waals surface area contributed by atoms with Gasteiger partial charge in [0.15, 0.2) is 5.13 Å². The minimum Gasteiger partial charge on any atom is -0.497 e. The first-order valence-electron chi connectivity index (χ1n) is 5.71. The highest BCUT2D eigenvalue weighted by molar-refractivity contribution is 7.14. The van der Waals surface area contributed by atoms with Crippen molar-refractivity contribution in [1.29, 1.82) is 0 Å². The average Bonchev–Trinajstić information content (AvgIpc) is 2.75. The van der Waals surface area contributed by atoms with Gasteiger partial charge in [0.2, 0.25) is 5.13 Å². The molecule has 6 heteroatoms. The molecule has 2 aromatic rings. The smallest absolute Gasteiger partial charge is 0.201 e. The predicted molar refractivity (Wildman–Crippen MR) is 73.7 cm³/mol. The van der Waals surface area contributed by atoms with Gasteiger partial charge in [-0.05, 0) is 19.1 Å². The van der Waals surface area contributed by atoms with Crippen LogP contribution in [0.3, 0.4) is 0 Å². The lowest BCUT2D eigenvalue weighted by Crippen LogP contribution is -2.01. The van der Waals surface area contributed by atoms with Gasteiger partial charge in [0.25, 0.3) is 0 Å². The Morgan fingerprint density at radius 1 is 1.32 bits per heavy atom. The molecule has 4 nitrogen and oxygen atoms in total. The molecule has 0 saturated carbocycles. The SMILES string of the molecule is COc1ccc(CNc2nc(C)c(F)s2)c(OC)c1. The van der Waals surface area contributed by atoms with Crippen molar-refractivity contribution >= 4 is 16.5 Å². The van der Waals surface area contributed by atoms with Crippen molar-refractivity contribution in [2.45, 2.75) is 13.5 Å². The molecule has 0 amide bonds. The number of aryl methyl sites for hydroxylation is 1. The lowest BCUT2D eigenvalue weighted by Gasteiger charge is -2.10. The number of anilines is 1. The summed E-state index contributed by atoms with van der Waals surface area (Å²) in [5.41, 5.74) is 1.37. The van der Waals surface area contributed by atoms with Crippen LogP contribution in [0.5, 0.6) is 11.5 Å². The van der Waals surface area contributed by atoms with Crippen LogP contribution in [0.4, 0.5) is 9.52 Å². The highest BCUT2D eigenvalue weighted by atomic mass is 32.1. The van der Waals surface area contributed by atoms with Gasteiger partial charge in [-0.25, -0.2) is 4.98 Å². The predicted octanol–water partition coefficient (Wildman–Crippen LogP) is 3.22. The summed E-state index contributed by atoms with van der Waals surface area (Å²) in [5.74, 6) is 1.46. The van der Waals surface area contributed by atoms with E-state index in [1.165, 1.54) is 0 Å². The molecular weight excluding hydrogens is 267 g/mol. The van der Waals surface area contributed by atoms with E-state index in [9.17, 15) is 4.39 Å². The van der Waals surface area contributed by atoms with Gasteiger partial charge in [0.05, 0.1) is 19.9 Å². The van der Waals surface area contributed by atoms with E-state index in [-0.39, 0.29) is 5.13 Å². The molecule has 1 aromatic heterocycles. The standard InChI is InChI=1S/C13H15FN2O2S/c1-8-12(14)19-13(16-8)15-7-9-4-5-10(17-2)6-11(9)18-3/h4-6H,7H2,1-3H3,(H,15,16). The van der Waals surface area contributed by atoms with Gasteiger partial charge in [-0.15, -0.1) is 0 Å². The number of ether oxygens (including phenoxy) is 2. The summed E-state index contributed by atoms with van der Waals surface area (Å²) in [6.07, 6.45) is 0. The molecule has 2 rings (SSSR count). The average molecular weight is 282 g/mol. The molecular formula is C13H15FN2O2S. The van der Waals surface area contributed by atoms with Gasteiger partial charge in [-0.1, -0.05) is 11.3 Å². The van der Waals surface area contributed by atoms with Gasteiger partial charge in [-0.3, -0.25) is 0 Å². The van der Waals surface area contributed by atoms with E-state index in [0.717, 1.165) is 28.4 Å². The Labute approximate surface area is 115 Å². The van der Waals surface area contributed by atoms with E-state index in [1.807, 2.05) is 18.2 Å². The maximum absolute atomic E-state index is 13.2. The summed E-state index contributed by atoms with van der Waals surface area (Å²) in [6.45, 7) is 2.16. The van der Waals surface area contributed by atoms with Crippen molar-refractivity contribution in [3.63, 3.8) is 0 Å². The highest BCUT2D eigenvalue weighted by Gasteiger charge is 2.08. The fourth-order valence-electron chi connectivity index (χ4n) is 1.62. The van der Waals surface area contributed by atoms with Crippen molar-refractivity contribution < 1.29 is 13.9 Å². The van der Waals surface area contributed by atoms with E-state index in [0.29, 0.717) is 17.4 Å². The minimum absolute atomic E-state index is 0.260. The lowest BCUT2D eigenvalue weighted by molar-refractivity contribution is 0.391. The first-order chi connectivity index (χ1) is 9.13. The number of hydrogen-bond donors (Lipinski definition) is 1. The van der Waals surface area contributed by atoms with Crippen LogP contribution in [-0.4, -0.2) is 19.2 Å². The van der Waals surface area contributed by atoms with Crippen LogP contribution in [0, 0.1) is 12.1 Å². The summed E-state index contributed by atoms with van der Waals surface area (Å²) < 4.78 is 23.6. The van der Waals surface area contributed by atoms with Crippen molar-refractivity contribution in [2.24, 2.45) is 0 Å². The monoisotopic (exact) mass is 282 g/mol. The van der Waals surface area contributed by atoms with E-state index >= 15 is 0 Å². The van der Waals surface area contributed by atoms with Crippen LogP contribution < -0.4 is 14.8 Å². The first kappa shape index (κ1) is 13.6. The van der Waals surface area contributed by atoms with Crippen LogP contribution >= 0.6 is 11.3 Å². The Morgan fingerprint density at radius 3 is 2.68 bits per heavy atom. The lowest BCUT2D eigenvalue weighted by atomic mass is 10.2. The Kier molecular flexibility index (Phi) is 4.21. The molecule has 0 saturated heterocycles. The number of rotatable bonds is 5. The van der Waals surface area contributed by atoms with Gasteiger partial charge < -0.3 is 14.8 Å². The number of thiazole rings is 1. The molecule has 0 aliphatic heterocycles. The fourth-order valence-corrected chi connectivity index (χ4v) is 2.31. The van der Waals surface area contributed by atoms with Crippen molar-refractivity contribution in [3.05, 3.63) is 34.6 Å². The number of aromatic nitrogens is 1. The van der Waals surface area contributed by atoms with E-state index < -0.39 is 0 Å². The minimum atomic E-state index is -0.260. The second kappa shape index (κ2) is 5.88. The molecule has 1 heterocycles. The van der Waals surface area contributed by atoms with Gasteiger partial charge in [-0.2, -0.15) is 4.39 Å². The number of methoxy groups -OCH3 is 2. The molecule has 0 spiro atoms. The second-order valence-electron chi connectivity index (χ2n) is 3.91. The zero-order valence-corrected chi connectivity index (χ0v) is 11.8. The first-order valence-corrected chi connectivity index (χ1v) is 6.53. The Bertz CT molecular complexity index is 552. The second-order valence-corrected chi connectivity index (χ2v) is 4.86. The van der Waals surface area contributed by atoms with E-state index in [2.05, 4.69) is 10.3 Å². The van der Waals surface area contributed by atoms with Crippen molar-refractivity contribution in [3.8, 4) is 11.5 Å².